The van der Waals surface area contributed by atoms with Gasteiger partial charge in [0.25, 0.3) is 0 Å². The van der Waals surface area contributed by atoms with Crippen molar-refractivity contribution in [2.24, 2.45) is 0 Å². The molecule has 0 spiro atoms. The van der Waals surface area contributed by atoms with E-state index in [-0.39, 0.29) is 12.0 Å². The SMILES string of the molecule is CCCCC(NCC)C(=O)OCC. The Labute approximate surface area is 80.8 Å². The van der Waals surface area contributed by atoms with Crippen LogP contribution in [0.15, 0.2) is 0 Å². The van der Waals surface area contributed by atoms with Crippen molar-refractivity contribution in [2.45, 2.75) is 46.1 Å². The molecule has 0 bridgehead atoms. The third-order valence-corrected chi connectivity index (χ3v) is 1.87. The lowest BCUT2D eigenvalue weighted by Crippen LogP contribution is -2.37. The van der Waals surface area contributed by atoms with Crippen LogP contribution in [-0.2, 0) is 9.53 Å². The molecule has 0 saturated heterocycles. The van der Waals surface area contributed by atoms with Gasteiger partial charge in [-0.05, 0) is 19.9 Å². The summed E-state index contributed by atoms with van der Waals surface area (Å²) in [5, 5.41) is 3.13. The fourth-order valence-corrected chi connectivity index (χ4v) is 1.20. The predicted molar refractivity (Wildman–Crippen MR) is 53.6 cm³/mol. The number of carbonyl (C=O) groups is 1. The Hall–Kier alpha value is -0.570. The van der Waals surface area contributed by atoms with Gasteiger partial charge in [0.2, 0.25) is 0 Å². The Kier molecular flexibility index (Phi) is 7.69. The lowest BCUT2D eigenvalue weighted by atomic mass is 10.1. The molecule has 0 aromatic carbocycles. The van der Waals surface area contributed by atoms with Crippen molar-refractivity contribution in [1.29, 1.82) is 0 Å². The van der Waals surface area contributed by atoms with E-state index in [4.69, 9.17) is 4.74 Å². The third kappa shape index (κ3) is 5.64. The molecule has 0 heterocycles. The van der Waals surface area contributed by atoms with E-state index in [1.54, 1.807) is 0 Å². The summed E-state index contributed by atoms with van der Waals surface area (Å²) in [6, 6.07) is -0.107. The van der Waals surface area contributed by atoms with Crippen molar-refractivity contribution in [1.82, 2.24) is 5.32 Å². The molecule has 0 saturated carbocycles. The van der Waals surface area contributed by atoms with Crippen LogP contribution in [0.1, 0.15) is 40.0 Å². The summed E-state index contributed by atoms with van der Waals surface area (Å²) in [6.45, 7) is 7.23. The molecular weight excluding hydrogens is 166 g/mol. The van der Waals surface area contributed by atoms with Crippen LogP contribution >= 0.6 is 0 Å². The molecule has 78 valence electrons. The fourth-order valence-electron chi connectivity index (χ4n) is 1.20. The van der Waals surface area contributed by atoms with Gasteiger partial charge in [-0.25, -0.2) is 0 Å². The summed E-state index contributed by atoms with van der Waals surface area (Å²) in [5.41, 5.74) is 0. The molecule has 0 aliphatic carbocycles. The second kappa shape index (κ2) is 8.05. The first kappa shape index (κ1) is 12.4. The summed E-state index contributed by atoms with van der Waals surface area (Å²) in [5.74, 6) is -0.113. The zero-order valence-corrected chi connectivity index (χ0v) is 8.93. The fraction of sp³-hybridized carbons (Fsp3) is 0.900. The van der Waals surface area contributed by atoms with Gasteiger partial charge in [-0.3, -0.25) is 4.79 Å². The lowest BCUT2D eigenvalue weighted by Gasteiger charge is -2.15. The van der Waals surface area contributed by atoms with Crippen LogP contribution in [0.3, 0.4) is 0 Å². The molecule has 0 aliphatic rings. The molecule has 1 unspecified atom stereocenters. The summed E-state index contributed by atoms with van der Waals surface area (Å²) in [6.07, 6.45) is 3.06. The Balaban J connectivity index is 3.83. The van der Waals surface area contributed by atoms with E-state index in [2.05, 4.69) is 12.2 Å². The number of hydrogen-bond acceptors (Lipinski definition) is 3. The molecule has 1 atom stereocenters. The van der Waals surface area contributed by atoms with Crippen molar-refractivity contribution < 1.29 is 9.53 Å². The molecule has 1 N–H and O–H groups in total. The van der Waals surface area contributed by atoms with Crippen LogP contribution in [0.2, 0.25) is 0 Å². The zero-order chi connectivity index (χ0) is 10.1. The second-order valence-electron chi connectivity index (χ2n) is 3.00. The van der Waals surface area contributed by atoms with Gasteiger partial charge in [0.15, 0.2) is 0 Å². The van der Waals surface area contributed by atoms with E-state index in [0.717, 1.165) is 25.8 Å². The highest BCUT2D eigenvalue weighted by Gasteiger charge is 2.16. The van der Waals surface area contributed by atoms with Crippen molar-refractivity contribution in [3.63, 3.8) is 0 Å². The van der Waals surface area contributed by atoms with Crippen molar-refractivity contribution in [3.8, 4) is 0 Å². The van der Waals surface area contributed by atoms with Gasteiger partial charge in [0.05, 0.1) is 6.61 Å². The molecule has 3 heteroatoms. The molecule has 3 nitrogen and oxygen atoms in total. The van der Waals surface area contributed by atoms with Gasteiger partial charge < -0.3 is 10.1 Å². The van der Waals surface area contributed by atoms with Crippen LogP contribution in [0.4, 0.5) is 0 Å². The van der Waals surface area contributed by atoms with E-state index < -0.39 is 0 Å². The number of hydrogen-bond donors (Lipinski definition) is 1. The van der Waals surface area contributed by atoms with E-state index in [1.807, 2.05) is 13.8 Å². The van der Waals surface area contributed by atoms with E-state index in [9.17, 15) is 4.79 Å². The minimum absolute atomic E-state index is 0.107. The minimum Gasteiger partial charge on any atom is -0.465 e. The van der Waals surface area contributed by atoms with Crippen LogP contribution in [0.25, 0.3) is 0 Å². The third-order valence-electron chi connectivity index (χ3n) is 1.87. The lowest BCUT2D eigenvalue weighted by molar-refractivity contribution is -0.145. The van der Waals surface area contributed by atoms with Crippen molar-refractivity contribution in [2.75, 3.05) is 13.2 Å². The summed E-state index contributed by atoms with van der Waals surface area (Å²) in [7, 11) is 0. The van der Waals surface area contributed by atoms with E-state index in [1.165, 1.54) is 0 Å². The monoisotopic (exact) mass is 187 g/mol. The Bertz CT molecular complexity index is 137. The molecule has 0 aliphatic heterocycles. The maximum absolute atomic E-state index is 11.4. The van der Waals surface area contributed by atoms with Crippen LogP contribution < -0.4 is 5.32 Å². The maximum Gasteiger partial charge on any atom is 0.323 e. The summed E-state index contributed by atoms with van der Waals surface area (Å²) in [4.78, 5) is 11.4. The van der Waals surface area contributed by atoms with Crippen LogP contribution in [0, 0.1) is 0 Å². The standard InChI is InChI=1S/C10H21NO2/c1-4-7-8-9(11-5-2)10(12)13-6-3/h9,11H,4-8H2,1-3H3. The van der Waals surface area contributed by atoms with Crippen molar-refractivity contribution in [3.05, 3.63) is 0 Å². The quantitative estimate of drug-likeness (QED) is 0.617. The van der Waals surface area contributed by atoms with Gasteiger partial charge in [0, 0.05) is 0 Å². The first-order valence-corrected chi connectivity index (χ1v) is 5.16. The normalized spacial score (nSPS) is 12.5. The average Bonchev–Trinajstić information content (AvgIpc) is 2.12. The predicted octanol–water partition coefficient (Wildman–Crippen LogP) is 1.72. The van der Waals surface area contributed by atoms with E-state index >= 15 is 0 Å². The van der Waals surface area contributed by atoms with Crippen LogP contribution in [0.5, 0.6) is 0 Å². The number of ether oxygens (including phenoxy) is 1. The maximum atomic E-state index is 11.4. The molecule has 0 aromatic heterocycles. The molecule has 0 fully saturated rings. The highest BCUT2D eigenvalue weighted by molar-refractivity contribution is 5.75. The number of esters is 1. The van der Waals surface area contributed by atoms with Gasteiger partial charge >= 0.3 is 5.97 Å². The molecule has 0 rings (SSSR count). The smallest absolute Gasteiger partial charge is 0.323 e. The van der Waals surface area contributed by atoms with Gasteiger partial charge in [-0.2, -0.15) is 0 Å². The van der Waals surface area contributed by atoms with Crippen molar-refractivity contribution >= 4 is 5.97 Å². The first-order valence-electron chi connectivity index (χ1n) is 5.16. The molecular formula is C10H21NO2. The average molecular weight is 187 g/mol. The number of carbonyl (C=O) groups excluding carboxylic acids is 1. The number of nitrogens with one attached hydrogen (secondary N) is 1. The highest BCUT2D eigenvalue weighted by atomic mass is 16.5. The Morgan fingerprint density at radius 2 is 2.08 bits per heavy atom. The molecule has 13 heavy (non-hydrogen) atoms. The van der Waals surface area contributed by atoms with Crippen LogP contribution in [-0.4, -0.2) is 25.2 Å². The topological polar surface area (TPSA) is 38.3 Å². The number of rotatable bonds is 7. The first-order chi connectivity index (χ1) is 6.26. The molecule has 0 aromatic rings. The Morgan fingerprint density at radius 3 is 2.54 bits per heavy atom. The molecule has 0 amide bonds. The minimum atomic E-state index is -0.113. The van der Waals surface area contributed by atoms with Gasteiger partial charge in [-0.15, -0.1) is 0 Å². The summed E-state index contributed by atoms with van der Waals surface area (Å²) < 4.78 is 4.95. The summed E-state index contributed by atoms with van der Waals surface area (Å²) >= 11 is 0. The van der Waals surface area contributed by atoms with Gasteiger partial charge in [0.1, 0.15) is 6.04 Å². The highest BCUT2D eigenvalue weighted by Crippen LogP contribution is 2.02. The Morgan fingerprint density at radius 1 is 1.38 bits per heavy atom. The van der Waals surface area contributed by atoms with E-state index in [0.29, 0.717) is 6.61 Å². The number of likely N-dealkylation sites (N-methyl/N-ethyl adjacent to an activating group) is 1. The second-order valence-corrected chi connectivity index (χ2v) is 3.00. The van der Waals surface area contributed by atoms with Gasteiger partial charge in [-0.1, -0.05) is 26.7 Å². The molecule has 0 radical (unpaired) electrons. The number of unbranched alkanes of at least 4 members (excludes halogenated alkanes) is 1. The largest absolute Gasteiger partial charge is 0.465 e. The zero-order valence-electron chi connectivity index (χ0n) is 8.93.